The Kier molecular flexibility index (Phi) is 7.82. The molecule has 3 heterocycles. The molecular formula is C30H45N3O6. The molecule has 9 nitrogen and oxygen atoms in total. The van der Waals surface area contributed by atoms with E-state index in [2.05, 4.69) is 10.6 Å². The van der Waals surface area contributed by atoms with Gasteiger partial charge in [-0.1, -0.05) is 27.2 Å². The third-order valence-electron chi connectivity index (χ3n) is 9.06. The number of carbonyl (C=O) groups is 3. The molecule has 1 aromatic carbocycles. The molecule has 8 atom stereocenters. The topological polar surface area (TPSA) is 117 Å². The van der Waals surface area contributed by atoms with Gasteiger partial charge >= 0.3 is 0 Å². The minimum atomic E-state index is -1.16. The molecule has 1 aromatic rings. The van der Waals surface area contributed by atoms with Crippen LogP contribution >= 0.6 is 0 Å². The fraction of sp³-hybridized carbons (Fsp3) is 0.700. The Bertz CT molecular complexity index is 1100. The zero-order valence-electron chi connectivity index (χ0n) is 24.5. The first kappa shape index (κ1) is 29.3. The number of likely N-dealkylation sites (tertiary alicyclic amines) is 1. The maximum absolute atomic E-state index is 14.4. The molecule has 0 aromatic heterocycles. The Morgan fingerprint density at radius 1 is 1.21 bits per heavy atom. The highest BCUT2D eigenvalue weighted by Gasteiger charge is 2.80. The highest BCUT2D eigenvalue weighted by atomic mass is 16.5. The fourth-order valence-corrected chi connectivity index (χ4v) is 7.01. The molecule has 3 aliphatic rings. The van der Waals surface area contributed by atoms with Crippen LogP contribution in [-0.2, 0) is 19.1 Å². The van der Waals surface area contributed by atoms with Gasteiger partial charge in [-0.05, 0) is 77.1 Å². The summed E-state index contributed by atoms with van der Waals surface area (Å²) in [6.45, 7) is 15.7. The molecule has 39 heavy (non-hydrogen) atoms. The largest absolute Gasteiger partial charge is 0.494 e. The van der Waals surface area contributed by atoms with Crippen molar-refractivity contribution in [2.45, 2.75) is 97.1 Å². The Labute approximate surface area is 232 Å². The first-order valence-electron chi connectivity index (χ1n) is 14.2. The normalized spacial score (nSPS) is 33.1. The first-order chi connectivity index (χ1) is 18.2. The summed E-state index contributed by atoms with van der Waals surface area (Å²) in [4.78, 5) is 43.8. The maximum atomic E-state index is 14.4. The third-order valence-corrected chi connectivity index (χ3v) is 9.06. The molecular weight excluding hydrogens is 498 g/mol. The molecule has 4 rings (SSSR count). The molecule has 0 aliphatic carbocycles. The van der Waals surface area contributed by atoms with Gasteiger partial charge in [0.1, 0.15) is 17.4 Å². The summed E-state index contributed by atoms with van der Waals surface area (Å²) in [5.74, 6) is -1.99. The lowest BCUT2D eigenvalue weighted by Gasteiger charge is -2.40. The van der Waals surface area contributed by atoms with Crippen LogP contribution < -0.4 is 15.4 Å². The van der Waals surface area contributed by atoms with Gasteiger partial charge in [0, 0.05) is 11.2 Å². The summed E-state index contributed by atoms with van der Waals surface area (Å²) in [6.07, 6.45) is 1.20. The van der Waals surface area contributed by atoms with Gasteiger partial charge in [0.15, 0.2) is 0 Å². The average molecular weight is 544 g/mol. The van der Waals surface area contributed by atoms with Gasteiger partial charge in [0.05, 0.1) is 36.7 Å². The van der Waals surface area contributed by atoms with E-state index >= 15 is 0 Å². The van der Waals surface area contributed by atoms with Gasteiger partial charge in [0.25, 0.3) is 0 Å². The van der Waals surface area contributed by atoms with Crippen LogP contribution in [0.25, 0.3) is 0 Å². The number of aliphatic hydroxyl groups is 1. The van der Waals surface area contributed by atoms with E-state index in [0.29, 0.717) is 24.5 Å². The lowest BCUT2D eigenvalue weighted by Crippen LogP contribution is -2.61. The lowest BCUT2D eigenvalue weighted by atomic mass is 9.62. The molecule has 3 aliphatic heterocycles. The summed E-state index contributed by atoms with van der Waals surface area (Å²) in [6, 6.07) is 5.59. The number of nitrogens with zero attached hydrogens (tertiary/aromatic N) is 1. The van der Waals surface area contributed by atoms with Crippen LogP contribution in [0.5, 0.6) is 5.75 Å². The maximum Gasteiger partial charge on any atom is 0.246 e. The number of rotatable bonds is 9. The van der Waals surface area contributed by atoms with Crippen LogP contribution in [0.3, 0.4) is 0 Å². The third kappa shape index (κ3) is 4.82. The molecule has 3 fully saturated rings. The van der Waals surface area contributed by atoms with E-state index in [4.69, 9.17) is 9.47 Å². The van der Waals surface area contributed by atoms with E-state index in [1.54, 1.807) is 29.2 Å². The highest BCUT2D eigenvalue weighted by molar-refractivity contribution is 6.02. The van der Waals surface area contributed by atoms with Gasteiger partial charge in [0.2, 0.25) is 17.7 Å². The first-order valence-corrected chi connectivity index (χ1v) is 14.2. The molecule has 0 radical (unpaired) electrons. The molecule has 1 spiro atoms. The summed E-state index contributed by atoms with van der Waals surface area (Å²) in [7, 11) is 0. The van der Waals surface area contributed by atoms with Crippen molar-refractivity contribution < 1.29 is 29.0 Å². The number of hydrogen-bond acceptors (Lipinski definition) is 6. The number of hydrogen-bond donors (Lipinski definition) is 3. The quantitative estimate of drug-likeness (QED) is 0.440. The second-order valence-electron chi connectivity index (χ2n) is 12.8. The van der Waals surface area contributed by atoms with E-state index in [0.717, 1.165) is 6.42 Å². The molecule has 9 heteroatoms. The summed E-state index contributed by atoms with van der Waals surface area (Å²) < 4.78 is 12.3. The molecule has 3 N–H and O–H groups in total. The zero-order valence-corrected chi connectivity index (χ0v) is 24.5. The summed E-state index contributed by atoms with van der Waals surface area (Å²) in [5.41, 5.74) is -2.04. The average Bonchev–Trinajstić information content (AvgIpc) is 3.36. The number of anilines is 1. The molecule has 216 valence electrons. The van der Waals surface area contributed by atoms with Gasteiger partial charge < -0.3 is 30.1 Å². The number of amides is 3. The van der Waals surface area contributed by atoms with E-state index in [9.17, 15) is 19.5 Å². The number of nitrogens with one attached hydrogen (secondary N) is 2. The van der Waals surface area contributed by atoms with E-state index in [1.807, 2.05) is 55.4 Å². The minimum absolute atomic E-state index is 0.0551. The van der Waals surface area contributed by atoms with Crippen LogP contribution in [0.2, 0.25) is 0 Å². The number of fused-ring (bicyclic) bond motifs is 1. The highest BCUT2D eigenvalue weighted by Crippen LogP contribution is 2.65. The van der Waals surface area contributed by atoms with Crippen LogP contribution in [-0.4, -0.2) is 69.8 Å². The van der Waals surface area contributed by atoms with Gasteiger partial charge in [-0.3, -0.25) is 14.4 Å². The standard InChI is InChI=1S/C30H45N3O6/c1-9-17(3)21(16-34)33-24(26(36)32-28(5,6)7)30-15-18(4)29(8,39-30)22(23(30)27(33)37)25(35)31-19-11-13-20(14-12-19)38-10-2/h11-14,17-18,21-24,34H,9-10,15-16H2,1-8H3,(H,31,35)(H,32,36)/t17-,18?,21-,22-,23-,24?,29+,30?/m0/s1. The second-order valence-corrected chi connectivity index (χ2v) is 12.8. The van der Waals surface area contributed by atoms with E-state index < -0.39 is 40.7 Å². The van der Waals surface area contributed by atoms with Crippen molar-refractivity contribution >= 4 is 23.4 Å². The zero-order chi connectivity index (χ0) is 28.9. The number of benzene rings is 1. The van der Waals surface area contributed by atoms with Crippen molar-refractivity contribution in [1.82, 2.24) is 10.2 Å². The van der Waals surface area contributed by atoms with Crippen LogP contribution in [0.1, 0.15) is 68.2 Å². The summed E-state index contributed by atoms with van der Waals surface area (Å²) >= 11 is 0. The smallest absolute Gasteiger partial charge is 0.246 e. The number of ether oxygens (including phenoxy) is 2. The predicted molar refractivity (Wildman–Crippen MR) is 148 cm³/mol. The summed E-state index contributed by atoms with van der Waals surface area (Å²) in [5, 5.41) is 16.5. The van der Waals surface area contributed by atoms with Crippen molar-refractivity contribution in [2.75, 3.05) is 18.5 Å². The van der Waals surface area contributed by atoms with E-state index in [-0.39, 0.29) is 36.2 Å². The lowest BCUT2D eigenvalue weighted by molar-refractivity contribution is -0.151. The van der Waals surface area contributed by atoms with Crippen molar-refractivity contribution in [3.05, 3.63) is 24.3 Å². The second kappa shape index (κ2) is 10.4. The van der Waals surface area contributed by atoms with Crippen LogP contribution in [0, 0.1) is 23.7 Å². The van der Waals surface area contributed by atoms with Gasteiger partial charge in [-0.2, -0.15) is 0 Å². The molecule has 0 saturated carbocycles. The van der Waals surface area contributed by atoms with Gasteiger partial charge in [-0.25, -0.2) is 0 Å². The van der Waals surface area contributed by atoms with Crippen molar-refractivity contribution in [3.8, 4) is 5.75 Å². The molecule has 3 unspecified atom stereocenters. The van der Waals surface area contributed by atoms with Crippen molar-refractivity contribution in [2.24, 2.45) is 23.7 Å². The predicted octanol–water partition coefficient (Wildman–Crippen LogP) is 3.36. The molecule has 3 amide bonds. The number of aliphatic hydroxyl groups excluding tert-OH is 1. The fourth-order valence-electron chi connectivity index (χ4n) is 7.01. The molecule has 3 saturated heterocycles. The SMILES string of the molecule is CCOc1ccc(NC(=O)[C@@H]2[C@H]3C(=O)N([C@@H](CO)[C@@H](C)CC)C(C(=O)NC(C)(C)C)C34CC(C)[C@@]2(C)O4)cc1. The monoisotopic (exact) mass is 543 g/mol. The Balaban J connectivity index is 1.76. The molecule has 2 bridgehead atoms. The van der Waals surface area contributed by atoms with Gasteiger partial charge in [-0.15, -0.1) is 0 Å². The van der Waals surface area contributed by atoms with Crippen LogP contribution in [0.4, 0.5) is 5.69 Å². The Hall–Kier alpha value is -2.65. The Morgan fingerprint density at radius 2 is 1.85 bits per heavy atom. The Morgan fingerprint density at radius 3 is 2.38 bits per heavy atom. The van der Waals surface area contributed by atoms with Crippen LogP contribution in [0.15, 0.2) is 24.3 Å². The number of carbonyl (C=O) groups excluding carboxylic acids is 3. The minimum Gasteiger partial charge on any atom is -0.494 e. The van der Waals surface area contributed by atoms with E-state index in [1.165, 1.54) is 0 Å². The van der Waals surface area contributed by atoms with Crippen molar-refractivity contribution in [1.29, 1.82) is 0 Å². The van der Waals surface area contributed by atoms with Crippen molar-refractivity contribution in [3.63, 3.8) is 0 Å².